The predicted molar refractivity (Wildman–Crippen MR) is 78.6 cm³/mol. The molecule has 5 nitrogen and oxygen atoms in total. The fraction of sp³-hybridized carbons (Fsp3) is 0. The van der Waals surface area contributed by atoms with Crippen LogP contribution >= 0.6 is 31.9 Å². The lowest BCUT2D eigenvalue weighted by Crippen LogP contribution is -1.85. The van der Waals surface area contributed by atoms with Crippen LogP contribution in [0.3, 0.4) is 0 Å². The first-order valence-electron chi connectivity index (χ1n) is 5.03. The summed E-state index contributed by atoms with van der Waals surface area (Å²) in [5.41, 5.74) is 1.07. The van der Waals surface area contributed by atoms with Gasteiger partial charge in [-0.1, -0.05) is 17.3 Å². The minimum Gasteiger partial charge on any atom is -0.411 e. The summed E-state index contributed by atoms with van der Waals surface area (Å²) in [6, 6.07) is 10.5. The zero-order valence-electron chi connectivity index (χ0n) is 9.57. The van der Waals surface area contributed by atoms with Gasteiger partial charge in [0.05, 0.1) is 11.9 Å². The van der Waals surface area contributed by atoms with Crippen LogP contribution in [0, 0.1) is 0 Å². The lowest BCUT2D eigenvalue weighted by Gasteiger charge is -1.89. The number of oxime groups is 1. The highest BCUT2D eigenvalue weighted by molar-refractivity contribution is 9.10. The topological polar surface area (TPSA) is 75.4 Å². The lowest BCUT2D eigenvalue weighted by atomic mass is 10.4. The van der Waals surface area contributed by atoms with Gasteiger partial charge < -0.3 is 5.21 Å². The Morgan fingerprint density at radius 3 is 1.95 bits per heavy atom. The summed E-state index contributed by atoms with van der Waals surface area (Å²) in [5, 5.41) is 11.0. The van der Waals surface area contributed by atoms with Crippen molar-refractivity contribution < 1.29 is 10.0 Å². The molecule has 0 aliphatic rings. The Labute approximate surface area is 126 Å². The normalized spacial score (nSPS) is 9.79. The monoisotopic (exact) mass is 385 g/mol. The van der Waals surface area contributed by atoms with E-state index in [4.69, 9.17) is 5.21 Å². The van der Waals surface area contributed by atoms with Crippen LogP contribution in [0.15, 0.2) is 50.8 Å². The highest BCUT2D eigenvalue weighted by atomic mass is 79.9. The van der Waals surface area contributed by atoms with E-state index < -0.39 is 0 Å². The molecule has 1 N–H and O–H groups in total. The van der Waals surface area contributed by atoms with E-state index >= 15 is 0 Å². The van der Waals surface area contributed by atoms with Crippen molar-refractivity contribution in [3.8, 4) is 0 Å². The molecular weight excluding hydrogens is 378 g/mol. The second kappa shape index (κ2) is 8.49. The molecule has 2 heterocycles. The summed E-state index contributed by atoms with van der Waals surface area (Å²) in [5.74, 6) is 0. The van der Waals surface area contributed by atoms with Gasteiger partial charge in [0.15, 0.2) is 6.29 Å². The van der Waals surface area contributed by atoms with Gasteiger partial charge in [0.25, 0.3) is 0 Å². The second-order valence-electron chi connectivity index (χ2n) is 3.13. The molecule has 0 aliphatic heterocycles. The zero-order valence-corrected chi connectivity index (χ0v) is 12.7. The third-order valence-corrected chi connectivity index (χ3v) is 2.67. The largest absolute Gasteiger partial charge is 0.411 e. The van der Waals surface area contributed by atoms with Crippen molar-refractivity contribution >= 4 is 44.4 Å². The maximum atomic E-state index is 10.1. The summed E-state index contributed by atoms with van der Waals surface area (Å²) < 4.78 is 1.41. The van der Waals surface area contributed by atoms with E-state index in [1.165, 1.54) is 6.21 Å². The van der Waals surface area contributed by atoms with E-state index in [1.54, 1.807) is 30.3 Å². The van der Waals surface area contributed by atoms with Gasteiger partial charge in [0.1, 0.15) is 14.9 Å². The summed E-state index contributed by atoms with van der Waals surface area (Å²) in [6.07, 6.45) is 1.98. The van der Waals surface area contributed by atoms with Crippen LogP contribution < -0.4 is 0 Å². The number of aldehydes is 1. The summed E-state index contributed by atoms with van der Waals surface area (Å²) in [7, 11) is 0. The SMILES string of the molecule is O/N=C\c1cccc(Br)n1.O=Cc1cccc(Br)n1. The molecule has 0 bridgehead atoms. The summed E-state index contributed by atoms with van der Waals surface area (Å²) in [4.78, 5) is 17.9. The Bertz CT molecular complexity index is 576. The Kier molecular flexibility index (Phi) is 6.91. The van der Waals surface area contributed by atoms with Crippen LogP contribution in [0.2, 0.25) is 0 Å². The molecule has 2 aromatic heterocycles. The van der Waals surface area contributed by atoms with E-state index in [9.17, 15) is 4.79 Å². The van der Waals surface area contributed by atoms with E-state index in [2.05, 4.69) is 47.0 Å². The third kappa shape index (κ3) is 6.21. The number of pyridine rings is 2. The van der Waals surface area contributed by atoms with Crippen LogP contribution in [0.5, 0.6) is 0 Å². The van der Waals surface area contributed by atoms with E-state index in [0.717, 1.165) is 4.60 Å². The van der Waals surface area contributed by atoms with E-state index in [1.807, 2.05) is 6.07 Å². The molecule has 0 spiro atoms. The van der Waals surface area contributed by atoms with Crippen molar-refractivity contribution in [1.29, 1.82) is 0 Å². The molecule has 0 saturated carbocycles. The number of aromatic nitrogens is 2. The van der Waals surface area contributed by atoms with Crippen molar-refractivity contribution in [1.82, 2.24) is 9.97 Å². The quantitative estimate of drug-likeness (QED) is 0.282. The van der Waals surface area contributed by atoms with Crippen LogP contribution in [0.4, 0.5) is 0 Å². The van der Waals surface area contributed by atoms with Crippen molar-refractivity contribution in [2.45, 2.75) is 0 Å². The summed E-state index contributed by atoms with van der Waals surface area (Å²) >= 11 is 6.31. The maximum Gasteiger partial charge on any atom is 0.168 e. The molecule has 2 aromatic rings. The molecule has 0 aliphatic carbocycles. The average molecular weight is 387 g/mol. The molecule has 7 heteroatoms. The lowest BCUT2D eigenvalue weighted by molar-refractivity contribution is 0.111. The Balaban J connectivity index is 0.000000191. The number of hydrogen-bond donors (Lipinski definition) is 1. The molecule has 0 aromatic carbocycles. The van der Waals surface area contributed by atoms with Gasteiger partial charge in [-0.05, 0) is 56.1 Å². The molecule has 0 radical (unpaired) electrons. The van der Waals surface area contributed by atoms with Crippen molar-refractivity contribution in [3.05, 3.63) is 57.0 Å². The van der Waals surface area contributed by atoms with Crippen LogP contribution in [-0.2, 0) is 0 Å². The van der Waals surface area contributed by atoms with Gasteiger partial charge in [0.2, 0.25) is 0 Å². The molecular formula is C12H9Br2N3O2. The third-order valence-electron chi connectivity index (χ3n) is 1.78. The first-order chi connectivity index (χ1) is 9.15. The number of carbonyl (C=O) groups excluding carboxylic acids is 1. The number of carbonyl (C=O) groups is 1. The smallest absolute Gasteiger partial charge is 0.168 e. The second-order valence-corrected chi connectivity index (χ2v) is 4.76. The minimum absolute atomic E-state index is 0.448. The molecule has 19 heavy (non-hydrogen) atoms. The van der Waals surface area contributed by atoms with Crippen LogP contribution in [0.1, 0.15) is 16.2 Å². The fourth-order valence-electron chi connectivity index (χ4n) is 1.04. The predicted octanol–water partition coefficient (Wildman–Crippen LogP) is 3.31. The summed E-state index contributed by atoms with van der Waals surface area (Å²) in [6.45, 7) is 0. The van der Waals surface area contributed by atoms with E-state index in [-0.39, 0.29) is 0 Å². The molecule has 0 fully saturated rings. The Morgan fingerprint density at radius 1 is 1.00 bits per heavy atom. The Morgan fingerprint density at radius 2 is 1.53 bits per heavy atom. The molecule has 0 unspecified atom stereocenters. The molecule has 0 saturated heterocycles. The first kappa shape index (κ1) is 15.5. The standard InChI is InChI=1S/C6H5BrN2O.C6H4BrNO/c7-6-3-1-2-5(9-6)4-8-10;7-6-3-1-2-5(4-9)8-6/h1-4,10H;1-4H/b8-4-;. The molecule has 2 rings (SSSR count). The van der Waals surface area contributed by atoms with Gasteiger partial charge in [0, 0.05) is 0 Å². The number of nitrogens with zero attached hydrogens (tertiary/aromatic N) is 3. The fourth-order valence-corrected chi connectivity index (χ4v) is 1.76. The van der Waals surface area contributed by atoms with Crippen LogP contribution in [-0.4, -0.2) is 27.7 Å². The van der Waals surface area contributed by atoms with Gasteiger partial charge in [-0.15, -0.1) is 0 Å². The number of hydrogen-bond acceptors (Lipinski definition) is 5. The Hall–Kier alpha value is -1.60. The van der Waals surface area contributed by atoms with Crippen LogP contribution in [0.25, 0.3) is 0 Å². The van der Waals surface area contributed by atoms with Gasteiger partial charge in [-0.3, -0.25) is 4.79 Å². The van der Waals surface area contributed by atoms with Crippen molar-refractivity contribution in [3.63, 3.8) is 0 Å². The molecule has 98 valence electrons. The maximum absolute atomic E-state index is 10.1. The highest BCUT2D eigenvalue weighted by Gasteiger charge is 1.89. The highest BCUT2D eigenvalue weighted by Crippen LogP contribution is 2.04. The molecule has 0 atom stereocenters. The minimum atomic E-state index is 0.448. The molecule has 0 amide bonds. The van der Waals surface area contributed by atoms with Gasteiger partial charge >= 0.3 is 0 Å². The average Bonchev–Trinajstić information content (AvgIpc) is 2.40. The number of halogens is 2. The van der Waals surface area contributed by atoms with Gasteiger partial charge in [-0.2, -0.15) is 0 Å². The van der Waals surface area contributed by atoms with E-state index in [0.29, 0.717) is 22.3 Å². The van der Waals surface area contributed by atoms with Crippen molar-refractivity contribution in [2.75, 3.05) is 0 Å². The van der Waals surface area contributed by atoms with Crippen molar-refractivity contribution in [2.24, 2.45) is 5.16 Å². The number of rotatable bonds is 2. The van der Waals surface area contributed by atoms with Gasteiger partial charge in [-0.25, -0.2) is 9.97 Å². The first-order valence-corrected chi connectivity index (χ1v) is 6.62. The zero-order chi connectivity index (χ0) is 14.1.